The average Bonchev–Trinajstić information content (AvgIpc) is 3.18. The predicted octanol–water partition coefficient (Wildman–Crippen LogP) is -0.193. The Hall–Kier alpha value is -0.930. The Labute approximate surface area is 118 Å². The highest BCUT2D eigenvalue weighted by Gasteiger charge is 2.28. The molecule has 1 aromatic rings. The highest BCUT2D eigenvalue weighted by Crippen LogP contribution is 2.37. The maximum absolute atomic E-state index is 12.4. The molecule has 8 heteroatoms. The van der Waals surface area contributed by atoms with Crippen LogP contribution in [0.1, 0.15) is 24.6 Å². The zero-order chi connectivity index (χ0) is 14.2. The lowest BCUT2D eigenvalue weighted by atomic mass is 10.4. The number of morpholine rings is 1. The van der Waals surface area contributed by atoms with Gasteiger partial charge in [0.15, 0.2) is 0 Å². The zero-order valence-electron chi connectivity index (χ0n) is 11.3. The fourth-order valence-corrected chi connectivity index (χ4v) is 3.55. The van der Waals surface area contributed by atoms with Crippen molar-refractivity contribution >= 4 is 10.0 Å². The highest BCUT2D eigenvalue weighted by atomic mass is 32.2. The molecule has 0 unspecified atom stereocenters. The third-order valence-electron chi connectivity index (χ3n) is 3.63. The maximum atomic E-state index is 12.4. The Morgan fingerprint density at radius 1 is 1.35 bits per heavy atom. The second-order valence-electron chi connectivity index (χ2n) is 5.20. The van der Waals surface area contributed by atoms with Gasteiger partial charge < -0.3 is 15.0 Å². The van der Waals surface area contributed by atoms with Crippen LogP contribution in [0.2, 0.25) is 0 Å². The summed E-state index contributed by atoms with van der Waals surface area (Å²) in [5, 5.41) is 1.68. The first-order valence-electron chi connectivity index (χ1n) is 6.86. The quantitative estimate of drug-likeness (QED) is 0.786. The molecule has 0 aromatic carbocycles. The SMILES string of the molecule is NCc1cc(S(=O)(=O)NN2CCOCC2)cn1C1CC1. The van der Waals surface area contributed by atoms with Gasteiger partial charge in [-0.15, -0.1) is 4.83 Å². The molecule has 112 valence electrons. The van der Waals surface area contributed by atoms with Gasteiger partial charge in [0.25, 0.3) is 10.0 Å². The molecule has 7 nitrogen and oxygen atoms in total. The topological polar surface area (TPSA) is 89.6 Å². The smallest absolute Gasteiger partial charge is 0.254 e. The lowest BCUT2D eigenvalue weighted by molar-refractivity contribution is 0.0272. The molecule has 0 amide bonds. The van der Waals surface area contributed by atoms with Crippen LogP contribution in [0.3, 0.4) is 0 Å². The molecule has 1 saturated heterocycles. The van der Waals surface area contributed by atoms with Gasteiger partial charge in [0.1, 0.15) is 4.90 Å². The van der Waals surface area contributed by atoms with Gasteiger partial charge in [0.2, 0.25) is 0 Å². The molecule has 1 aliphatic heterocycles. The van der Waals surface area contributed by atoms with Crippen molar-refractivity contribution in [1.82, 2.24) is 14.4 Å². The van der Waals surface area contributed by atoms with Crippen LogP contribution in [0.5, 0.6) is 0 Å². The minimum atomic E-state index is -3.53. The van der Waals surface area contributed by atoms with E-state index in [-0.39, 0.29) is 4.90 Å². The number of nitrogens with one attached hydrogen (secondary N) is 1. The Morgan fingerprint density at radius 3 is 2.65 bits per heavy atom. The average molecular weight is 300 g/mol. The summed E-state index contributed by atoms with van der Waals surface area (Å²) in [4.78, 5) is 2.90. The van der Waals surface area contributed by atoms with Crippen LogP contribution in [0.4, 0.5) is 0 Å². The van der Waals surface area contributed by atoms with E-state index in [4.69, 9.17) is 10.5 Å². The standard InChI is InChI=1S/C12H20N4O3S/c13-8-11-7-12(9-16(11)10-1-2-10)20(17,18)14-15-3-5-19-6-4-15/h7,9-10,14H,1-6,8,13H2. The normalized spacial score (nSPS) is 21.2. The minimum absolute atomic E-state index is 0.288. The van der Waals surface area contributed by atoms with Crippen LogP contribution in [0, 0.1) is 0 Å². The largest absolute Gasteiger partial charge is 0.379 e. The molecule has 0 atom stereocenters. The third-order valence-corrected chi connectivity index (χ3v) is 4.97. The molecule has 2 fully saturated rings. The van der Waals surface area contributed by atoms with Crippen molar-refractivity contribution in [2.24, 2.45) is 5.73 Å². The summed E-state index contributed by atoms with van der Waals surface area (Å²) in [5.41, 5.74) is 6.56. The Bertz CT molecular complexity index is 574. The van der Waals surface area contributed by atoms with E-state index in [2.05, 4.69) is 4.83 Å². The Kier molecular flexibility index (Phi) is 3.83. The van der Waals surface area contributed by atoms with Crippen LogP contribution in [-0.4, -0.2) is 44.3 Å². The fourth-order valence-electron chi connectivity index (χ4n) is 2.38. The molecule has 2 aliphatic rings. The molecule has 3 N–H and O–H groups in total. The van der Waals surface area contributed by atoms with E-state index in [1.807, 2.05) is 4.57 Å². The second kappa shape index (κ2) is 5.45. The molecule has 1 aliphatic carbocycles. The number of hydrogen-bond acceptors (Lipinski definition) is 5. The van der Waals surface area contributed by atoms with E-state index in [1.165, 1.54) is 0 Å². The van der Waals surface area contributed by atoms with Gasteiger partial charge in [-0.05, 0) is 18.9 Å². The number of ether oxygens (including phenoxy) is 1. The molecule has 1 aromatic heterocycles. The maximum Gasteiger partial charge on any atom is 0.254 e. The molecule has 0 radical (unpaired) electrons. The van der Waals surface area contributed by atoms with Crippen LogP contribution in [0.15, 0.2) is 17.2 Å². The summed E-state index contributed by atoms with van der Waals surface area (Å²) in [7, 11) is -3.53. The van der Waals surface area contributed by atoms with E-state index in [9.17, 15) is 8.42 Å². The second-order valence-corrected chi connectivity index (χ2v) is 6.86. The van der Waals surface area contributed by atoms with Crippen LogP contribution in [0.25, 0.3) is 0 Å². The van der Waals surface area contributed by atoms with E-state index < -0.39 is 10.0 Å². The van der Waals surface area contributed by atoms with Gasteiger partial charge >= 0.3 is 0 Å². The number of rotatable bonds is 5. The minimum Gasteiger partial charge on any atom is -0.379 e. The van der Waals surface area contributed by atoms with Gasteiger partial charge in [-0.1, -0.05) is 0 Å². The van der Waals surface area contributed by atoms with Crippen molar-refractivity contribution in [3.05, 3.63) is 18.0 Å². The van der Waals surface area contributed by atoms with Crippen LogP contribution >= 0.6 is 0 Å². The van der Waals surface area contributed by atoms with E-state index in [1.54, 1.807) is 17.3 Å². The molecule has 3 rings (SSSR count). The summed E-state index contributed by atoms with van der Waals surface area (Å²) < 4.78 is 32.0. The van der Waals surface area contributed by atoms with Crippen LogP contribution in [-0.2, 0) is 21.3 Å². The molecular formula is C12H20N4O3S. The highest BCUT2D eigenvalue weighted by molar-refractivity contribution is 7.89. The summed E-state index contributed by atoms with van der Waals surface area (Å²) in [6.07, 6.45) is 3.89. The Morgan fingerprint density at radius 2 is 2.05 bits per heavy atom. The number of hydrazine groups is 1. The number of sulfonamides is 1. The summed E-state index contributed by atoms with van der Waals surface area (Å²) >= 11 is 0. The number of nitrogens with zero attached hydrogens (tertiary/aromatic N) is 2. The first-order valence-corrected chi connectivity index (χ1v) is 8.34. The van der Waals surface area contributed by atoms with Gasteiger partial charge in [-0.3, -0.25) is 0 Å². The van der Waals surface area contributed by atoms with Gasteiger partial charge in [-0.2, -0.15) is 0 Å². The third kappa shape index (κ3) is 2.89. The molecule has 2 heterocycles. The monoisotopic (exact) mass is 300 g/mol. The summed E-state index contributed by atoms with van der Waals surface area (Å²) in [6.45, 7) is 2.56. The molecule has 20 heavy (non-hydrogen) atoms. The molecule has 0 bridgehead atoms. The van der Waals surface area contributed by atoms with Crippen molar-refractivity contribution in [2.45, 2.75) is 30.3 Å². The van der Waals surface area contributed by atoms with Crippen molar-refractivity contribution in [1.29, 1.82) is 0 Å². The Balaban J connectivity index is 1.79. The van der Waals surface area contributed by atoms with Crippen molar-refractivity contribution < 1.29 is 13.2 Å². The van der Waals surface area contributed by atoms with Gasteiger partial charge in [-0.25, -0.2) is 13.4 Å². The zero-order valence-corrected chi connectivity index (χ0v) is 12.1. The van der Waals surface area contributed by atoms with E-state index >= 15 is 0 Å². The lowest BCUT2D eigenvalue weighted by Crippen LogP contribution is -2.48. The lowest BCUT2D eigenvalue weighted by Gasteiger charge is -2.26. The van der Waals surface area contributed by atoms with Gasteiger partial charge in [0.05, 0.1) is 13.2 Å². The first-order chi connectivity index (χ1) is 9.60. The fraction of sp³-hybridized carbons (Fsp3) is 0.667. The number of nitrogens with two attached hydrogens (primary N) is 1. The molecular weight excluding hydrogens is 280 g/mol. The van der Waals surface area contributed by atoms with E-state index in [0.29, 0.717) is 38.9 Å². The number of aromatic nitrogens is 1. The molecule has 0 spiro atoms. The van der Waals surface area contributed by atoms with Crippen molar-refractivity contribution in [3.63, 3.8) is 0 Å². The summed E-state index contributed by atoms with van der Waals surface area (Å²) in [5.74, 6) is 0. The van der Waals surface area contributed by atoms with Gasteiger partial charge in [0, 0.05) is 37.6 Å². The van der Waals surface area contributed by atoms with Crippen LogP contribution < -0.4 is 10.6 Å². The van der Waals surface area contributed by atoms with Crippen molar-refractivity contribution in [2.75, 3.05) is 26.3 Å². The first kappa shape index (κ1) is 14.0. The van der Waals surface area contributed by atoms with Crippen molar-refractivity contribution in [3.8, 4) is 0 Å². The van der Waals surface area contributed by atoms with E-state index in [0.717, 1.165) is 18.5 Å². The predicted molar refractivity (Wildman–Crippen MR) is 73.3 cm³/mol. The molecule has 1 saturated carbocycles. The number of hydrogen-bond donors (Lipinski definition) is 2. The summed E-state index contributed by atoms with van der Waals surface area (Å²) in [6, 6.07) is 2.09.